The number of carbonyl (C=O) groups excluding carboxylic acids is 2. The molecular formula is C49H83N9O10S2. The summed E-state index contributed by atoms with van der Waals surface area (Å²) in [4.78, 5) is 41.9. The van der Waals surface area contributed by atoms with Gasteiger partial charge in [0.2, 0.25) is 23.1 Å². The van der Waals surface area contributed by atoms with E-state index >= 15 is 0 Å². The highest BCUT2D eigenvalue weighted by Crippen LogP contribution is 2.27. The molecule has 2 amide bonds. The first kappa shape index (κ1) is 68.0. The highest BCUT2D eigenvalue weighted by Gasteiger charge is 2.12. The topological polar surface area (TPSA) is 283 Å². The number of aromatic hydroxyl groups is 4. The number of amides is 2. The molecule has 0 spiro atoms. The van der Waals surface area contributed by atoms with Gasteiger partial charge in [-0.2, -0.15) is 14.6 Å². The third-order valence-corrected chi connectivity index (χ3v) is 10.3. The lowest BCUT2D eigenvalue weighted by Crippen LogP contribution is -2.22. The van der Waals surface area contributed by atoms with E-state index in [1.165, 1.54) is 28.9 Å². The van der Waals surface area contributed by atoms with Gasteiger partial charge in [-0.05, 0) is 36.0 Å². The first-order valence-corrected chi connectivity index (χ1v) is 24.2. The number of amidine groups is 1. The van der Waals surface area contributed by atoms with Crippen LogP contribution >= 0.6 is 22.9 Å². The maximum absolute atomic E-state index is 11.1. The number of aromatic amines is 1. The molecule has 0 saturated heterocycles. The van der Waals surface area contributed by atoms with E-state index in [-0.39, 0.29) is 53.9 Å². The van der Waals surface area contributed by atoms with Crippen molar-refractivity contribution in [3.05, 3.63) is 92.1 Å². The van der Waals surface area contributed by atoms with Crippen LogP contribution in [0.1, 0.15) is 176 Å². The number of nitrogens with zero attached hydrogens (tertiary/aromatic N) is 5. The zero-order chi connectivity index (χ0) is 53.6. The zero-order valence-electron chi connectivity index (χ0n) is 43.7. The lowest BCUT2D eigenvalue weighted by atomic mass is 10.1. The number of rotatable bonds is 8. The van der Waals surface area contributed by atoms with Crippen molar-refractivity contribution < 1.29 is 43.7 Å². The Morgan fingerprint density at radius 1 is 0.700 bits per heavy atom. The Kier molecular flexibility index (Phi) is 35.7. The molecule has 6 rings (SSSR count). The molecule has 0 bridgehead atoms. The van der Waals surface area contributed by atoms with Gasteiger partial charge in [0.15, 0.2) is 17.3 Å². The van der Waals surface area contributed by atoms with Crippen molar-refractivity contribution in [2.75, 3.05) is 14.1 Å². The molecule has 396 valence electrons. The zero-order valence-corrected chi connectivity index (χ0v) is 45.3. The van der Waals surface area contributed by atoms with Crippen molar-refractivity contribution in [3.8, 4) is 23.0 Å². The van der Waals surface area contributed by atoms with Crippen molar-refractivity contribution in [2.45, 2.75) is 148 Å². The van der Waals surface area contributed by atoms with E-state index < -0.39 is 0 Å². The first-order chi connectivity index (χ1) is 32.1. The first-order valence-electron chi connectivity index (χ1n) is 22.4. The highest BCUT2D eigenvalue weighted by molar-refractivity contribution is 7.10. The summed E-state index contributed by atoms with van der Waals surface area (Å²) in [5, 5.41) is 57.5. The van der Waals surface area contributed by atoms with Gasteiger partial charge >= 0.3 is 0 Å². The van der Waals surface area contributed by atoms with Gasteiger partial charge in [0.1, 0.15) is 35.6 Å². The minimum atomic E-state index is -0.341. The standard InChI is InChI=1S/C8H10O3.C7H10O2.C7H10OS.C6H10N2O.C6H9NOS.2C5H11NO.C4H8N4.CH4/c1-5(2)6-3-11-4-7(9)8(6)10;2*1-5(2)7-3-6(8)4-9-7;1-4(2)6-7-5(3)9-8-6;1-4(2)6-5(8)3-9-7-6;2*1-4(2)5(7)6-3;1-3(2)4-5-7-8-6-4;/h3-5,9H,1-2H3;2*3-5,8H,1-2H3;4H,3H2,1-2H3,(H,7,8);3-4,8H,1-2H3;2*4H,1-3H3,(H,6,7);3H,1-2H3,(H,5,6,7,8);1H4. The summed E-state index contributed by atoms with van der Waals surface area (Å²) in [6.07, 6.45) is 3.75. The Morgan fingerprint density at radius 3 is 1.49 bits per heavy atom. The van der Waals surface area contributed by atoms with E-state index in [4.69, 9.17) is 34.1 Å². The van der Waals surface area contributed by atoms with Crippen LogP contribution in [0.3, 0.4) is 0 Å². The fourth-order valence-corrected chi connectivity index (χ4v) is 5.76. The fraction of sp³-hybridized carbons (Fsp3) is 0.551. The summed E-state index contributed by atoms with van der Waals surface area (Å²) in [6, 6.07) is 3.44. The molecule has 1 aliphatic rings. The Hall–Kier alpha value is -6.22. The van der Waals surface area contributed by atoms with Crippen molar-refractivity contribution in [1.29, 1.82) is 0 Å². The third-order valence-electron chi connectivity index (χ3n) is 8.45. The smallest absolute Gasteiger partial charge is 0.240 e. The summed E-state index contributed by atoms with van der Waals surface area (Å²) >= 11 is 2.90. The van der Waals surface area contributed by atoms with E-state index in [0.717, 1.165) is 29.4 Å². The molecule has 0 radical (unpaired) electrons. The molecule has 21 heteroatoms. The van der Waals surface area contributed by atoms with E-state index in [0.29, 0.717) is 52.5 Å². The van der Waals surface area contributed by atoms with Crippen LogP contribution in [0.15, 0.2) is 72.8 Å². The summed E-state index contributed by atoms with van der Waals surface area (Å²) in [6.45, 7) is 35.1. The van der Waals surface area contributed by atoms with E-state index in [1.54, 1.807) is 42.3 Å². The van der Waals surface area contributed by atoms with Gasteiger partial charge in [0.25, 0.3) is 0 Å². The largest absolute Gasteiger partial charge is 0.507 e. The molecular weight excluding hydrogens is 939 g/mol. The molecule has 8 N–H and O–H groups in total. The molecule has 0 aliphatic carbocycles. The highest BCUT2D eigenvalue weighted by atomic mass is 32.1. The van der Waals surface area contributed by atoms with Gasteiger partial charge < -0.3 is 44.7 Å². The number of thiophene rings is 1. The van der Waals surface area contributed by atoms with Gasteiger partial charge in [-0.25, -0.2) is 5.48 Å². The van der Waals surface area contributed by atoms with Crippen LogP contribution in [-0.4, -0.2) is 77.2 Å². The molecule has 0 unspecified atom stereocenters. The maximum atomic E-state index is 11.1. The van der Waals surface area contributed by atoms with Crippen molar-refractivity contribution >= 4 is 40.5 Å². The van der Waals surface area contributed by atoms with Crippen LogP contribution in [0, 0.1) is 17.8 Å². The van der Waals surface area contributed by atoms with Crippen LogP contribution in [0.25, 0.3) is 0 Å². The van der Waals surface area contributed by atoms with Crippen LogP contribution in [-0.2, 0) is 14.4 Å². The molecule has 0 saturated carbocycles. The molecule has 0 fully saturated rings. The molecule has 1 aliphatic heterocycles. The number of carbonyl (C=O) groups is 2. The van der Waals surface area contributed by atoms with Crippen LogP contribution in [0.5, 0.6) is 23.0 Å². The molecule has 5 aromatic rings. The fourth-order valence-electron chi connectivity index (χ4n) is 4.29. The van der Waals surface area contributed by atoms with E-state index in [1.807, 2.05) is 103 Å². The van der Waals surface area contributed by atoms with Crippen LogP contribution in [0.4, 0.5) is 0 Å². The van der Waals surface area contributed by atoms with Gasteiger partial charge in [-0.3, -0.25) is 14.4 Å². The second-order valence-corrected chi connectivity index (χ2v) is 18.9. The average molecular weight is 1020 g/mol. The number of aromatic nitrogens is 5. The Bertz CT molecular complexity index is 2180. The van der Waals surface area contributed by atoms with E-state index in [9.17, 15) is 14.4 Å². The summed E-state index contributed by atoms with van der Waals surface area (Å²) < 4.78 is 13.7. The molecule has 5 aromatic heterocycles. The summed E-state index contributed by atoms with van der Waals surface area (Å²) in [7, 11) is 3.28. The number of H-pyrrole nitrogens is 1. The van der Waals surface area contributed by atoms with Crippen molar-refractivity contribution in [2.24, 2.45) is 22.7 Å². The van der Waals surface area contributed by atoms with Gasteiger partial charge in [-0.1, -0.05) is 123 Å². The summed E-state index contributed by atoms with van der Waals surface area (Å²) in [5.74, 6) is 5.97. The number of furan rings is 1. The number of tetrazole rings is 1. The van der Waals surface area contributed by atoms with Crippen LogP contribution < -0.4 is 21.5 Å². The molecule has 70 heavy (non-hydrogen) atoms. The quantitative estimate of drug-likeness (QED) is 0.0717. The number of hydrogen-bond donors (Lipinski definition) is 8. The van der Waals surface area contributed by atoms with Crippen LogP contribution in [0.2, 0.25) is 0 Å². The Balaban J connectivity index is -0.000000734. The van der Waals surface area contributed by atoms with Gasteiger partial charge in [0, 0.05) is 71.5 Å². The summed E-state index contributed by atoms with van der Waals surface area (Å²) in [5.41, 5.74) is 3.63. The average Bonchev–Trinajstić information content (AvgIpc) is 4.15. The predicted molar refractivity (Wildman–Crippen MR) is 282 cm³/mol. The molecule has 19 nitrogen and oxygen atoms in total. The monoisotopic (exact) mass is 1020 g/mol. The molecule has 0 atom stereocenters. The minimum absolute atomic E-state index is 0. The van der Waals surface area contributed by atoms with Gasteiger partial charge in [-0.15, -0.1) is 21.5 Å². The lowest BCUT2D eigenvalue weighted by molar-refractivity contribution is -0.124. The molecule has 6 heterocycles. The number of nitrogens with one attached hydrogen (secondary N) is 4. The normalized spacial score (nSPS) is 10.9. The van der Waals surface area contributed by atoms with Crippen molar-refractivity contribution in [3.63, 3.8) is 0 Å². The third kappa shape index (κ3) is 29.6. The number of hydroxylamine groups is 1. The second-order valence-electron chi connectivity index (χ2n) is 17.4. The number of hydrogen-bond acceptors (Lipinski definition) is 18. The molecule has 0 aromatic carbocycles. The van der Waals surface area contributed by atoms with Crippen molar-refractivity contribution in [1.82, 2.24) is 41.1 Å². The maximum Gasteiger partial charge on any atom is 0.240 e. The number of aliphatic imine (C=N–C) groups is 1. The Labute approximate surface area is 423 Å². The lowest BCUT2D eigenvalue weighted by Gasteiger charge is -2.01. The second kappa shape index (κ2) is 36.7. The SMILES string of the molecule is C.C=C1N=C(C(C)C)NO1.CC(C)c1cc(O)co1.CC(C)c1cc(O)cs1.CC(C)c1cocc(O)c1=O.CC(C)c1nn[nH]n1.CC(C)c1nscc1O.CNC(=O)C(C)C.CNC(=O)C(C)C. The predicted octanol–water partition coefficient (Wildman–Crippen LogP) is 10.9. The van der Waals surface area contributed by atoms with Gasteiger partial charge in [0.05, 0.1) is 17.3 Å². The Morgan fingerprint density at radius 2 is 1.27 bits per heavy atom. The minimum Gasteiger partial charge on any atom is -0.507 e. The van der Waals surface area contributed by atoms with E-state index in [2.05, 4.69) is 66.5 Å².